The van der Waals surface area contributed by atoms with Crippen LogP contribution in [0.3, 0.4) is 0 Å². The van der Waals surface area contributed by atoms with E-state index in [1.807, 2.05) is 44.1 Å². The Hall–Kier alpha value is -1.81. The molecule has 0 aliphatic rings. The molecule has 98 valence electrons. The molecule has 0 amide bonds. The Balaban J connectivity index is 2.83. The van der Waals surface area contributed by atoms with Gasteiger partial charge in [-0.1, -0.05) is 18.2 Å². The minimum atomic E-state index is -0.962. The van der Waals surface area contributed by atoms with E-state index >= 15 is 0 Å². The first kappa shape index (κ1) is 14.3. The van der Waals surface area contributed by atoms with Crippen LogP contribution in [0, 0.1) is 6.92 Å². The SMILES string of the molecule is Cc1cccc(/C=C/C(=O)O)c1OCCN(C)C. The third kappa shape index (κ3) is 4.59. The largest absolute Gasteiger partial charge is 0.491 e. The van der Waals surface area contributed by atoms with Crippen LogP contribution in [0.2, 0.25) is 0 Å². The zero-order chi connectivity index (χ0) is 13.5. The van der Waals surface area contributed by atoms with Crippen LogP contribution >= 0.6 is 0 Å². The predicted octanol–water partition coefficient (Wildman–Crippen LogP) is 2.03. The molecule has 1 rings (SSSR count). The summed E-state index contributed by atoms with van der Waals surface area (Å²) in [6, 6.07) is 5.68. The Kier molecular flexibility index (Phi) is 5.39. The number of carboxylic acid groups (broad SMARTS) is 1. The average Bonchev–Trinajstić information content (AvgIpc) is 2.28. The minimum Gasteiger partial charge on any atom is -0.491 e. The number of benzene rings is 1. The van der Waals surface area contributed by atoms with Gasteiger partial charge >= 0.3 is 5.97 Å². The van der Waals surface area contributed by atoms with Gasteiger partial charge in [-0.15, -0.1) is 0 Å². The molecule has 0 saturated heterocycles. The fraction of sp³-hybridized carbons (Fsp3) is 0.357. The number of rotatable bonds is 6. The number of carboxylic acids is 1. The van der Waals surface area contributed by atoms with Crippen molar-refractivity contribution in [2.75, 3.05) is 27.2 Å². The fourth-order valence-electron chi connectivity index (χ4n) is 1.49. The number of aryl methyl sites for hydroxylation is 1. The number of hydrogen-bond acceptors (Lipinski definition) is 3. The number of likely N-dealkylation sites (N-methyl/N-ethyl adjacent to an activating group) is 1. The molecule has 18 heavy (non-hydrogen) atoms. The summed E-state index contributed by atoms with van der Waals surface area (Å²) >= 11 is 0. The number of hydrogen-bond donors (Lipinski definition) is 1. The second kappa shape index (κ2) is 6.81. The first-order valence-electron chi connectivity index (χ1n) is 5.79. The molecule has 0 aliphatic carbocycles. The maximum atomic E-state index is 10.5. The number of aliphatic carboxylic acids is 1. The zero-order valence-corrected chi connectivity index (χ0v) is 11.0. The number of carbonyl (C=O) groups is 1. The second-order valence-corrected chi connectivity index (χ2v) is 4.32. The van der Waals surface area contributed by atoms with Gasteiger partial charge in [0.15, 0.2) is 0 Å². The van der Waals surface area contributed by atoms with Gasteiger partial charge in [0, 0.05) is 18.2 Å². The van der Waals surface area contributed by atoms with Crippen LogP contribution < -0.4 is 4.74 Å². The smallest absolute Gasteiger partial charge is 0.328 e. The van der Waals surface area contributed by atoms with Crippen LogP contribution in [0.5, 0.6) is 5.75 Å². The molecular formula is C14H19NO3. The molecule has 0 aromatic heterocycles. The van der Waals surface area contributed by atoms with Crippen molar-refractivity contribution in [2.45, 2.75) is 6.92 Å². The topological polar surface area (TPSA) is 49.8 Å². The highest BCUT2D eigenvalue weighted by atomic mass is 16.5. The van der Waals surface area contributed by atoms with Crippen LogP contribution in [0.15, 0.2) is 24.3 Å². The monoisotopic (exact) mass is 249 g/mol. The summed E-state index contributed by atoms with van der Waals surface area (Å²) in [5.74, 6) is -0.215. The van der Waals surface area contributed by atoms with Crippen LogP contribution in [0.4, 0.5) is 0 Å². The molecule has 4 nitrogen and oxygen atoms in total. The third-order valence-electron chi connectivity index (χ3n) is 2.43. The van der Waals surface area contributed by atoms with Gasteiger partial charge in [0.05, 0.1) is 0 Å². The molecule has 0 fully saturated rings. The van der Waals surface area contributed by atoms with Gasteiger partial charge in [-0.25, -0.2) is 4.79 Å². The molecule has 0 spiro atoms. The maximum Gasteiger partial charge on any atom is 0.328 e. The summed E-state index contributed by atoms with van der Waals surface area (Å²) in [6.45, 7) is 3.34. The summed E-state index contributed by atoms with van der Waals surface area (Å²) in [5, 5.41) is 8.65. The Morgan fingerprint density at radius 2 is 2.17 bits per heavy atom. The molecule has 0 aliphatic heterocycles. The van der Waals surface area contributed by atoms with E-state index in [-0.39, 0.29) is 0 Å². The molecule has 0 atom stereocenters. The second-order valence-electron chi connectivity index (χ2n) is 4.32. The van der Waals surface area contributed by atoms with E-state index in [0.717, 1.165) is 29.5 Å². The highest BCUT2D eigenvalue weighted by Gasteiger charge is 2.05. The van der Waals surface area contributed by atoms with Gasteiger partial charge in [-0.05, 0) is 32.7 Å². The summed E-state index contributed by atoms with van der Waals surface area (Å²) in [6.07, 6.45) is 2.67. The maximum absolute atomic E-state index is 10.5. The molecule has 0 heterocycles. The van der Waals surface area contributed by atoms with Crippen molar-refractivity contribution in [1.29, 1.82) is 0 Å². The van der Waals surface area contributed by atoms with Crippen molar-refractivity contribution in [1.82, 2.24) is 4.90 Å². The van der Waals surface area contributed by atoms with Gasteiger partial charge in [0.2, 0.25) is 0 Å². The van der Waals surface area contributed by atoms with E-state index in [2.05, 4.69) is 0 Å². The summed E-state index contributed by atoms with van der Waals surface area (Å²) in [4.78, 5) is 12.6. The zero-order valence-electron chi connectivity index (χ0n) is 11.0. The lowest BCUT2D eigenvalue weighted by Crippen LogP contribution is -2.19. The molecule has 1 N–H and O–H groups in total. The van der Waals surface area contributed by atoms with Crippen molar-refractivity contribution < 1.29 is 14.6 Å². The van der Waals surface area contributed by atoms with E-state index in [9.17, 15) is 4.79 Å². The molecule has 1 aromatic carbocycles. The van der Waals surface area contributed by atoms with E-state index in [4.69, 9.17) is 9.84 Å². The Morgan fingerprint density at radius 3 is 2.78 bits per heavy atom. The van der Waals surface area contributed by atoms with Gasteiger partial charge in [-0.3, -0.25) is 0 Å². The highest BCUT2D eigenvalue weighted by molar-refractivity contribution is 5.86. The fourth-order valence-corrected chi connectivity index (χ4v) is 1.49. The molecule has 0 saturated carbocycles. The van der Waals surface area contributed by atoms with Gasteiger partial charge in [-0.2, -0.15) is 0 Å². The Morgan fingerprint density at radius 1 is 1.44 bits per heavy atom. The van der Waals surface area contributed by atoms with E-state index in [0.29, 0.717) is 6.61 Å². The van der Waals surface area contributed by atoms with Crippen LogP contribution in [0.1, 0.15) is 11.1 Å². The molecule has 0 bridgehead atoms. The van der Waals surface area contributed by atoms with E-state index in [1.54, 1.807) is 6.08 Å². The van der Waals surface area contributed by atoms with Crippen molar-refractivity contribution in [3.8, 4) is 5.75 Å². The van der Waals surface area contributed by atoms with E-state index in [1.165, 1.54) is 0 Å². The lowest BCUT2D eigenvalue weighted by atomic mass is 10.1. The lowest BCUT2D eigenvalue weighted by molar-refractivity contribution is -0.131. The number of para-hydroxylation sites is 1. The third-order valence-corrected chi connectivity index (χ3v) is 2.43. The van der Waals surface area contributed by atoms with Crippen molar-refractivity contribution in [2.24, 2.45) is 0 Å². The first-order chi connectivity index (χ1) is 8.50. The van der Waals surface area contributed by atoms with Crippen LogP contribution in [0.25, 0.3) is 6.08 Å². The van der Waals surface area contributed by atoms with Gasteiger partial charge in [0.25, 0.3) is 0 Å². The van der Waals surface area contributed by atoms with Crippen molar-refractivity contribution in [3.05, 3.63) is 35.4 Å². The van der Waals surface area contributed by atoms with E-state index < -0.39 is 5.97 Å². The number of ether oxygens (including phenoxy) is 1. The molecule has 0 radical (unpaired) electrons. The first-order valence-corrected chi connectivity index (χ1v) is 5.79. The van der Waals surface area contributed by atoms with Gasteiger partial charge < -0.3 is 14.7 Å². The summed E-state index contributed by atoms with van der Waals surface area (Å²) in [5.41, 5.74) is 1.79. The predicted molar refractivity (Wildman–Crippen MR) is 71.9 cm³/mol. The summed E-state index contributed by atoms with van der Waals surface area (Å²) < 4.78 is 5.73. The molecule has 4 heteroatoms. The molecular weight excluding hydrogens is 230 g/mol. The minimum absolute atomic E-state index is 0.575. The highest BCUT2D eigenvalue weighted by Crippen LogP contribution is 2.24. The standard InChI is InChI=1S/C14H19NO3/c1-11-5-4-6-12(7-8-13(16)17)14(11)18-10-9-15(2)3/h4-8H,9-10H2,1-3H3,(H,16,17)/b8-7+. The average molecular weight is 249 g/mol. The quantitative estimate of drug-likeness (QED) is 0.784. The van der Waals surface area contributed by atoms with Crippen molar-refractivity contribution >= 4 is 12.0 Å². The number of nitrogens with zero attached hydrogens (tertiary/aromatic N) is 1. The van der Waals surface area contributed by atoms with Gasteiger partial charge in [0.1, 0.15) is 12.4 Å². The lowest BCUT2D eigenvalue weighted by Gasteiger charge is -2.14. The van der Waals surface area contributed by atoms with Crippen LogP contribution in [-0.2, 0) is 4.79 Å². The summed E-state index contributed by atoms with van der Waals surface area (Å²) in [7, 11) is 3.96. The van der Waals surface area contributed by atoms with Crippen molar-refractivity contribution in [3.63, 3.8) is 0 Å². The Bertz CT molecular complexity index is 439. The molecule has 1 aromatic rings. The Labute approximate surface area is 107 Å². The molecule has 0 unspecified atom stereocenters. The van der Waals surface area contributed by atoms with Crippen LogP contribution in [-0.4, -0.2) is 43.2 Å². The normalized spacial score (nSPS) is 11.1.